The zero-order chi connectivity index (χ0) is 18.4. The molecule has 2 amide bonds. The normalized spacial score (nSPS) is 11.4. The Morgan fingerprint density at radius 1 is 1.16 bits per heavy atom. The van der Waals surface area contributed by atoms with Crippen LogP contribution in [-0.4, -0.2) is 23.8 Å². The molecule has 0 unspecified atom stereocenters. The van der Waals surface area contributed by atoms with Gasteiger partial charge < -0.3 is 15.8 Å². The lowest BCUT2D eigenvalue weighted by Crippen LogP contribution is -2.45. The van der Waals surface area contributed by atoms with Gasteiger partial charge in [0.1, 0.15) is 11.8 Å². The van der Waals surface area contributed by atoms with Crippen LogP contribution < -0.4 is 15.8 Å². The Labute approximate surface area is 158 Å². The Kier molecular flexibility index (Phi) is 6.51. The van der Waals surface area contributed by atoms with Crippen LogP contribution in [0.5, 0.6) is 5.75 Å². The summed E-state index contributed by atoms with van der Waals surface area (Å²) in [6, 6.07) is 12.9. The minimum absolute atomic E-state index is 0.258. The van der Waals surface area contributed by atoms with Gasteiger partial charge in [-0.3, -0.25) is 14.4 Å². The number of esters is 1. The maximum atomic E-state index is 12.4. The van der Waals surface area contributed by atoms with Crippen molar-refractivity contribution >= 4 is 40.4 Å². The van der Waals surface area contributed by atoms with Gasteiger partial charge in [0.25, 0.3) is 5.91 Å². The Balaban J connectivity index is 2.11. The number of amides is 2. The van der Waals surface area contributed by atoms with E-state index in [1.165, 1.54) is 13.0 Å². The number of nitrogens with two attached hydrogens (primary N) is 1. The zero-order valence-electron chi connectivity index (χ0n) is 13.5. The highest BCUT2D eigenvalue weighted by atomic mass is 127. The second-order valence-corrected chi connectivity index (χ2v) is 6.63. The van der Waals surface area contributed by atoms with E-state index in [1.807, 2.05) is 24.3 Å². The van der Waals surface area contributed by atoms with Crippen molar-refractivity contribution in [1.29, 1.82) is 0 Å². The molecule has 0 heterocycles. The van der Waals surface area contributed by atoms with E-state index in [1.54, 1.807) is 18.2 Å². The molecule has 2 aromatic carbocycles. The van der Waals surface area contributed by atoms with Crippen molar-refractivity contribution in [1.82, 2.24) is 5.32 Å². The third-order valence-corrected chi connectivity index (χ3v) is 4.08. The Morgan fingerprint density at radius 2 is 1.84 bits per heavy atom. The largest absolute Gasteiger partial charge is 0.427 e. The number of benzene rings is 2. The van der Waals surface area contributed by atoms with Gasteiger partial charge in [0.2, 0.25) is 5.91 Å². The summed E-state index contributed by atoms with van der Waals surface area (Å²) in [4.78, 5) is 35.1. The fourth-order valence-electron chi connectivity index (χ4n) is 2.19. The molecule has 0 spiro atoms. The Bertz CT molecular complexity index is 790. The van der Waals surface area contributed by atoms with Gasteiger partial charge in [0.05, 0.1) is 0 Å². The first-order chi connectivity index (χ1) is 11.8. The van der Waals surface area contributed by atoms with E-state index in [0.29, 0.717) is 6.42 Å². The molecule has 7 heteroatoms. The van der Waals surface area contributed by atoms with Crippen molar-refractivity contribution < 1.29 is 19.1 Å². The minimum atomic E-state index is -0.843. The number of carbonyl (C=O) groups is 3. The van der Waals surface area contributed by atoms with Gasteiger partial charge in [-0.25, -0.2) is 0 Å². The highest BCUT2D eigenvalue weighted by Gasteiger charge is 2.20. The van der Waals surface area contributed by atoms with Crippen LogP contribution in [-0.2, 0) is 16.0 Å². The monoisotopic (exact) mass is 452 g/mol. The summed E-state index contributed by atoms with van der Waals surface area (Å²) in [6.07, 6.45) is 0.293. The maximum absolute atomic E-state index is 12.4. The topological polar surface area (TPSA) is 98.5 Å². The molecule has 2 rings (SSSR count). The highest BCUT2D eigenvalue weighted by molar-refractivity contribution is 14.1. The summed E-state index contributed by atoms with van der Waals surface area (Å²) < 4.78 is 6.03. The number of nitrogens with one attached hydrogen (secondary N) is 1. The highest BCUT2D eigenvalue weighted by Crippen LogP contribution is 2.14. The van der Waals surface area contributed by atoms with Gasteiger partial charge >= 0.3 is 5.97 Å². The number of primary amides is 1. The predicted molar refractivity (Wildman–Crippen MR) is 101 cm³/mol. The van der Waals surface area contributed by atoms with Gasteiger partial charge in [0, 0.05) is 22.5 Å². The van der Waals surface area contributed by atoms with Crippen LogP contribution in [0, 0.1) is 3.57 Å². The molecule has 0 saturated heterocycles. The molecule has 1 atom stereocenters. The lowest BCUT2D eigenvalue weighted by Gasteiger charge is -2.16. The molecule has 0 aliphatic carbocycles. The van der Waals surface area contributed by atoms with Gasteiger partial charge in [0.15, 0.2) is 0 Å². The van der Waals surface area contributed by atoms with Crippen LogP contribution in [0.1, 0.15) is 22.8 Å². The fourth-order valence-corrected chi connectivity index (χ4v) is 2.55. The molecule has 25 heavy (non-hydrogen) atoms. The van der Waals surface area contributed by atoms with Crippen molar-refractivity contribution in [2.75, 3.05) is 0 Å². The average Bonchev–Trinajstić information content (AvgIpc) is 2.55. The van der Waals surface area contributed by atoms with Crippen LogP contribution in [0.15, 0.2) is 48.5 Å². The average molecular weight is 452 g/mol. The first kappa shape index (κ1) is 18.9. The van der Waals surface area contributed by atoms with Gasteiger partial charge in [-0.15, -0.1) is 0 Å². The van der Waals surface area contributed by atoms with Gasteiger partial charge in [-0.1, -0.05) is 18.2 Å². The molecule has 130 valence electrons. The number of ether oxygens (including phenoxy) is 1. The van der Waals surface area contributed by atoms with Crippen molar-refractivity contribution in [2.45, 2.75) is 19.4 Å². The second kappa shape index (κ2) is 8.61. The summed E-state index contributed by atoms with van der Waals surface area (Å²) in [5.41, 5.74) is 6.57. The second-order valence-electron chi connectivity index (χ2n) is 5.38. The molecule has 3 N–H and O–H groups in total. The quantitative estimate of drug-likeness (QED) is 0.398. The lowest BCUT2D eigenvalue weighted by atomic mass is 10.0. The molecule has 0 radical (unpaired) electrons. The maximum Gasteiger partial charge on any atom is 0.308 e. The number of rotatable bonds is 6. The SMILES string of the molecule is CC(=O)Oc1cccc(C(=O)N[C@H](Cc2ccc(I)cc2)C(N)=O)c1. The predicted octanol–water partition coefficient (Wildman–Crippen LogP) is 2.04. The molecule has 2 aromatic rings. The van der Waals surface area contributed by atoms with E-state index >= 15 is 0 Å². The Hall–Kier alpha value is -2.42. The van der Waals surface area contributed by atoms with Crippen LogP contribution in [0.3, 0.4) is 0 Å². The number of carbonyl (C=O) groups excluding carboxylic acids is 3. The third kappa shape index (κ3) is 5.86. The minimum Gasteiger partial charge on any atom is -0.427 e. The van der Waals surface area contributed by atoms with Crippen LogP contribution in [0.2, 0.25) is 0 Å². The standard InChI is InChI=1S/C18H17IN2O4/c1-11(22)25-15-4-2-3-13(10-15)18(24)21-16(17(20)23)9-12-5-7-14(19)8-6-12/h2-8,10,16H,9H2,1H3,(H2,20,23)(H,21,24)/t16-/m1/s1. The molecule has 0 saturated carbocycles. The number of halogens is 1. The van der Waals surface area contributed by atoms with E-state index in [0.717, 1.165) is 9.13 Å². The third-order valence-electron chi connectivity index (χ3n) is 3.36. The fraction of sp³-hybridized carbons (Fsp3) is 0.167. The zero-order valence-corrected chi connectivity index (χ0v) is 15.6. The van der Waals surface area contributed by atoms with Crippen LogP contribution in [0.4, 0.5) is 0 Å². The molecule has 6 nitrogen and oxygen atoms in total. The van der Waals surface area contributed by atoms with E-state index in [2.05, 4.69) is 27.9 Å². The molecule has 0 aliphatic heterocycles. The summed E-state index contributed by atoms with van der Waals surface area (Å²) in [5.74, 6) is -1.31. The van der Waals surface area contributed by atoms with Crippen molar-refractivity contribution in [3.8, 4) is 5.75 Å². The van der Waals surface area contributed by atoms with E-state index in [-0.39, 0.29) is 11.3 Å². The smallest absolute Gasteiger partial charge is 0.308 e. The summed E-state index contributed by atoms with van der Waals surface area (Å²) in [5, 5.41) is 2.62. The molecule has 0 bridgehead atoms. The first-order valence-electron chi connectivity index (χ1n) is 7.48. The molecule has 0 aliphatic rings. The number of hydrogen-bond donors (Lipinski definition) is 2. The van der Waals surface area contributed by atoms with E-state index in [4.69, 9.17) is 10.5 Å². The lowest BCUT2D eigenvalue weighted by molar-refractivity contribution is -0.131. The van der Waals surface area contributed by atoms with Gasteiger partial charge in [-0.2, -0.15) is 0 Å². The van der Waals surface area contributed by atoms with Crippen LogP contribution in [0.25, 0.3) is 0 Å². The van der Waals surface area contributed by atoms with Gasteiger partial charge in [-0.05, 0) is 58.5 Å². The van der Waals surface area contributed by atoms with Crippen molar-refractivity contribution in [2.24, 2.45) is 5.73 Å². The summed E-state index contributed by atoms with van der Waals surface area (Å²) >= 11 is 2.19. The summed E-state index contributed by atoms with van der Waals surface area (Å²) in [7, 11) is 0. The van der Waals surface area contributed by atoms with E-state index < -0.39 is 23.8 Å². The van der Waals surface area contributed by atoms with Crippen molar-refractivity contribution in [3.63, 3.8) is 0 Å². The van der Waals surface area contributed by atoms with Crippen molar-refractivity contribution in [3.05, 3.63) is 63.2 Å². The van der Waals surface area contributed by atoms with Crippen LogP contribution >= 0.6 is 22.6 Å². The summed E-state index contributed by atoms with van der Waals surface area (Å²) in [6.45, 7) is 1.27. The molecular weight excluding hydrogens is 435 g/mol. The molecule has 0 fully saturated rings. The number of hydrogen-bond acceptors (Lipinski definition) is 4. The molecular formula is C18H17IN2O4. The molecule has 0 aromatic heterocycles. The van der Waals surface area contributed by atoms with E-state index in [9.17, 15) is 14.4 Å². The Morgan fingerprint density at radius 3 is 2.44 bits per heavy atom. The first-order valence-corrected chi connectivity index (χ1v) is 8.56.